The maximum Gasteiger partial charge on any atom is 0.277 e. The Morgan fingerprint density at radius 3 is 2.14 bits per heavy atom. The average Bonchev–Trinajstić information content (AvgIpc) is 2.95. The van der Waals surface area contributed by atoms with Crippen LogP contribution in [0.5, 0.6) is 0 Å². The van der Waals surface area contributed by atoms with Gasteiger partial charge in [-0.1, -0.05) is 81.4 Å². The molecule has 1 heterocycles. The van der Waals surface area contributed by atoms with E-state index in [4.69, 9.17) is 4.99 Å². The molecule has 0 aromatic heterocycles. The maximum atomic E-state index is 13.2. The highest BCUT2D eigenvalue weighted by Crippen LogP contribution is 2.32. The number of carbonyl (C=O) groups excluding carboxylic acids is 1. The number of para-hydroxylation sites is 1. The van der Waals surface area contributed by atoms with Crippen LogP contribution in [-0.4, -0.2) is 11.6 Å². The molecule has 0 unspecified atom stereocenters. The first kappa shape index (κ1) is 18.2. The Hall–Kier alpha value is -3.20. The highest BCUT2D eigenvalue weighted by molar-refractivity contribution is 6.54. The predicted molar refractivity (Wildman–Crippen MR) is 115 cm³/mol. The van der Waals surface area contributed by atoms with Gasteiger partial charge in [0.15, 0.2) is 0 Å². The van der Waals surface area contributed by atoms with Gasteiger partial charge in [-0.2, -0.15) is 0 Å². The zero-order valence-electron chi connectivity index (χ0n) is 16.5. The Balaban J connectivity index is 1.70. The quantitative estimate of drug-likeness (QED) is 0.588. The Labute approximate surface area is 166 Å². The second-order valence-corrected chi connectivity index (χ2v) is 8.15. The zero-order chi connectivity index (χ0) is 19.7. The number of carbonyl (C=O) groups is 1. The van der Waals surface area contributed by atoms with E-state index < -0.39 is 0 Å². The van der Waals surface area contributed by atoms with Gasteiger partial charge in [0, 0.05) is 5.56 Å². The minimum absolute atomic E-state index is 0.0510. The topological polar surface area (TPSA) is 32.7 Å². The fraction of sp³-hybridized carbons (Fsp3) is 0.200. The molecule has 0 fully saturated rings. The highest BCUT2D eigenvalue weighted by Gasteiger charge is 2.33. The molecule has 3 heteroatoms. The summed E-state index contributed by atoms with van der Waals surface area (Å²) in [4.78, 5) is 19.7. The van der Waals surface area contributed by atoms with Crippen molar-refractivity contribution in [2.75, 3.05) is 4.90 Å². The summed E-state index contributed by atoms with van der Waals surface area (Å²) in [5.74, 6) is -0.0510. The largest absolute Gasteiger partial charge is 0.302 e. The van der Waals surface area contributed by atoms with Crippen molar-refractivity contribution in [1.82, 2.24) is 0 Å². The van der Waals surface area contributed by atoms with Crippen molar-refractivity contribution >= 4 is 23.0 Å². The number of rotatable bonds is 3. The van der Waals surface area contributed by atoms with Gasteiger partial charge in [0.2, 0.25) is 0 Å². The molecule has 3 aromatic carbocycles. The van der Waals surface area contributed by atoms with E-state index in [9.17, 15) is 4.79 Å². The van der Waals surface area contributed by atoms with Crippen molar-refractivity contribution < 1.29 is 4.79 Å². The third-order valence-electron chi connectivity index (χ3n) is 5.06. The van der Waals surface area contributed by atoms with Gasteiger partial charge in [0.05, 0.1) is 17.9 Å². The first-order valence-corrected chi connectivity index (χ1v) is 9.58. The molecular formula is C25H24N2O. The normalized spacial score (nSPS) is 15.2. The number of anilines is 1. The van der Waals surface area contributed by atoms with Crippen LogP contribution in [0.25, 0.3) is 0 Å². The summed E-state index contributed by atoms with van der Waals surface area (Å²) in [5, 5.41) is 0. The van der Waals surface area contributed by atoms with Crippen molar-refractivity contribution in [3.8, 4) is 0 Å². The van der Waals surface area contributed by atoms with Crippen LogP contribution in [0.4, 0.5) is 11.4 Å². The van der Waals surface area contributed by atoms with Crippen LogP contribution >= 0.6 is 0 Å². The lowest BCUT2D eigenvalue weighted by atomic mass is 9.87. The minimum atomic E-state index is -0.0510. The van der Waals surface area contributed by atoms with Gasteiger partial charge in [0.1, 0.15) is 5.71 Å². The second-order valence-electron chi connectivity index (χ2n) is 8.15. The summed E-state index contributed by atoms with van der Waals surface area (Å²) in [7, 11) is 0. The lowest BCUT2D eigenvalue weighted by Crippen LogP contribution is -2.29. The van der Waals surface area contributed by atoms with E-state index in [0.717, 1.165) is 22.5 Å². The molecule has 0 radical (unpaired) electrons. The second kappa shape index (κ2) is 7.08. The Bertz CT molecular complexity index is 1030. The SMILES string of the molecule is CC(C)(C)c1ccc(N=C2C(=O)N(Cc3ccccc3)c3ccccc32)cc1. The molecule has 3 nitrogen and oxygen atoms in total. The van der Waals surface area contributed by atoms with Crippen molar-refractivity contribution in [3.63, 3.8) is 0 Å². The summed E-state index contributed by atoms with van der Waals surface area (Å²) >= 11 is 0. The van der Waals surface area contributed by atoms with Gasteiger partial charge in [0.25, 0.3) is 5.91 Å². The summed E-state index contributed by atoms with van der Waals surface area (Å²) in [6.07, 6.45) is 0. The monoisotopic (exact) mass is 368 g/mol. The summed E-state index contributed by atoms with van der Waals surface area (Å²) in [5.41, 5.74) is 5.56. The molecule has 1 aliphatic rings. The molecule has 3 aromatic rings. The standard InChI is InChI=1S/C25H24N2O/c1-25(2,3)19-13-15-20(16-14-19)26-23-21-11-7-8-12-22(21)27(24(23)28)17-18-9-5-4-6-10-18/h4-16H,17H2,1-3H3. The first-order chi connectivity index (χ1) is 13.4. The number of benzene rings is 3. The molecule has 0 atom stereocenters. The highest BCUT2D eigenvalue weighted by atomic mass is 16.2. The fourth-order valence-electron chi connectivity index (χ4n) is 3.46. The van der Waals surface area contributed by atoms with Gasteiger partial charge in [-0.05, 0) is 34.7 Å². The third-order valence-corrected chi connectivity index (χ3v) is 5.06. The first-order valence-electron chi connectivity index (χ1n) is 9.58. The fourth-order valence-corrected chi connectivity index (χ4v) is 3.46. The van der Waals surface area contributed by atoms with Crippen LogP contribution in [0.3, 0.4) is 0 Å². The smallest absolute Gasteiger partial charge is 0.277 e. The van der Waals surface area contributed by atoms with Gasteiger partial charge in [-0.25, -0.2) is 4.99 Å². The van der Waals surface area contributed by atoms with Gasteiger partial charge in [-0.15, -0.1) is 0 Å². The number of hydrogen-bond acceptors (Lipinski definition) is 2. The molecule has 0 aliphatic carbocycles. The lowest BCUT2D eigenvalue weighted by molar-refractivity contribution is -0.112. The third kappa shape index (κ3) is 3.48. The maximum absolute atomic E-state index is 13.2. The van der Waals surface area contributed by atoms with Crippen molar-refractivity contribution in [1.29, 1.82) is 0 Å². The molecule has 0 saturated heterocycles. The summed E-state index contributed by atoms with van der Waals surface area (Å²) < 4.78 is 0. The van der Waals surface area contributed by atoms with Gasteiger partial charge < -0.3 is 4.90 Å². The number of hydrogen-bond donors (Lipinski definition) is 0. The van der Waals surface area contributed by atoms with E-state index >= 15 is 0 Å². The number of fused-ring (bicyclic) bond motifs is 1. The molecule has 1 amide bonds. The number of nitrogens with zero attached hydrogens (tertiary/aromatic N) is 2. The Morgan fingerprint density at radius 2 is 1.46 bits per heavy atom. The van der Waals surface area contributed by atoms with Gasteiger partial charge in [-0.3, -0.25) is 4.79 Å². The average molecular weight is 368 g/mol. The van der Waals surface area contributed by atoms with Crippen LogP contribution < -0.4 is 4.90 Å². The summed E-state index contributed by atoms with van der Waals surface area (Å²) in [6, 6.07) is 26.1. The Kier molecular flexibility index (Phi) is 4.60. The molecular weight excluding hydrogens is 344 g/mol. The van der Waals surface area contributed by atoms with E-state index in [1.165, 1.54) is 5.56 Å². The molecule has 140 valence electrons. The van der Waals surface area contributed by atoms with E-state index in [1.807, 2.05) is 71.6 Å². The number of aliphatic imine (C=N–C) groups is 1. The van der Waals surface area contributed by atoms with Crippen molar-refractivity contribution in [2.24, 2.45) is 4.99 Å². The minimum Gasteiger partial charge on any atom is -0.302 e. The molecule has 28 heavy (non-hydrogen) atoms. The number of amides is 1. The van der Waals surface area contributed by atoms with Crippen LogP contribution in [-0.2, 0) is 16.8 Å². The van der Waals surface area contributed by atoms with Crippen LogP contribution in [0, 0.1) is 0 Å². The van der Waals surface area contributed by atoms with E-state index in [0.29, 0.717) is 12.3 Å². The van der Waals surface area contributed by atoms with E-state index in [2.05, 4.69) is 32.9 Å². The Morgan fingerprint density at radius 1 is 0.821 bits per heavy atom. The molecule has 0 N–H and O–H groups in total. The summed E-state index contributed by atoms with van der Waals surface area (Å²) in [6.45, 7) is 7.10. The predicted octanol–water partition coefficient (Wildman–Crippen LogP) is 5.65. The zero-order valence-corrected chi connectivity index (χ0v) is 16.5. The lowest BCUT2D eigenvalue weighted by Gasteiger charge is -2.18. The van der Waals surface area contributed by atoms with E-state index in [1.54, 1.807) is 0 Å². The van der Waals surface area contributed by atoms with Gasteiger partial charge >= 0.3 is 0 Å². The molecule has 0 spiro atoms. The molecule has 0 saturated carbocycles. The van der Waals surface area contributed by atoms with Crippen LogP contribution in [0.1, 0.15) is 37.5 Å². The van der Waals surface area contributed by atoms with Crippen LogP contribution in [0.2, 0.25) is 0 Å². The van der Waals surface area contributed by atoms with Crippen molar-refractivity contribution in [3.05, 3.63) is 95.6 Å². The van der Waals surface area contributed by atoms with Crippen LogP contribution in [0.15, 0.2) is 83.9 Å². The molecule has 4 rings (SSSR count). The van der Waals surface area contributed by atoms with Crippen molar-refractivity contribution in [2.45, 2.75) is 32.7 Å². The molecule has 0 bridgehead atoms. The molecule has 1 aliphatic heterocycles. The van der Waals surface area contributed by atoms with E-state index in [-0.39, 0.29) is 11.3 Å².